The fourth-order valence-corrected chi connectivity index (χ4v) is 2.39. The summed E-state index contributed by atoms with van der Waals surface area (Å²) in [6, 6.07) is 6.07. The van der Waals surface area contributed by atoms with Gasteiger partial charge in [0.15, 0.2) is 11.5 Å². The third kappa shape index (κ3) is 2.11. The van der Waals surface area contributed by atoms with Crippen LogP contribution in [0.5, 0.6) is 11.5 Å². The van der Waals surface area contributed by atoms with Crippen LogP contribution in [-0.2, 0) is 0 Å². The van der Waals surface area contributed by atoms with Gasteiger partial charge in [-0.2, -0.15) is 0 Å². The van der Waals surface area contributed by atoms with E-state index in [-0.39, 0.29) is 6.10 Å². The number of hydrazine groups is 1. The Morgan fingerprint density at radius 1 is 1.22 bits per heavy atom. The van der Waals surface area contributed by atoms with Crippen LogP contribution >= 0.6 is 0 Å². The molecule has 2 aliphatic rings. The van der Waals surface area contributed by atoms with E-state index in [1.54, 1.807) is 0 Å². The molecule has 5 nitrogen and oxygen atoms in total. The molecule has 1 aromatic rings. The second kappa shape index (κ2) is 4.66. The molecule has 18 heavy (non-hydrogen) atoms. The molecular weight excluding hydrogens is 230 g/mol. The third-order valence-electron chi connectivity index (χ3n) is 3.41. The highest BCUT2D eigenvalue weighted by atomic mass is 16.6. The van der Waals surface area contributed by atoms with Crippen molar-refractivity contribution in [3.8, 4) is 11.5 Å². The van der Waals surface area contributed by atoms with E-state index in [2.05, 4.69) is 11.0 Å². The zero-order valence-electron chi connectivity index (χ0n) is 10.6. The van der Waals surface area contributed by atoms with Gasteiger partial charge in [-0.25, -0.2) is 5.01 Å². The van der Waals surface area contributed by atoms with Gasteiger partial charge in [0, 0.05) is 26.2 Å². The monoisotopic (exact) mass is 249 g/mol. The largest absolute Gasteiger partial charge is 0.486 e. The number of nitrogens with zero attached hydrogens (tertiary/aromatic N) is 2. The Morgan fingerprint density at radius 3 is 2.78 bits per heavy atom. The molecule has 98 valence electrons. The van der Waals surface area contributed by atoms with E-state index in [4.69, 9.17) is 15.3 Å². The highest BCUT2D eigenvalue weighted by Crippen LogP contribution is 2.40. The first-order valence-corrected chi connectivity index (χ1v) is 6.41. The summed E-state index contributed by atoms with van der Waals surface area (Å²) < 4.78 is 11.6. The minimum absolute atomic E-state index is 0.106. The minimum atomic E-state index is 0.106. The Morgan fingerprint density at radius 2 is 2.00 bits per heavy atom. The summed E-state index contributed by atoms with van der Waals surface area (Å²) in [4.78, 5) is 2.31. The summed E-state index contributed by atoms with van der Waals surface area (Å²) in [5.41, 5.74) is 1.12. The second-order valence-electron chi connectivity index (χ2n) is 4.87. The lowest BCUT2D eigenvalue weighted by Crippen LogP contribution is -2.49. The maximum atomic E-state index is 5.93. The Labute approximate surface area is 107 Å². The van der Waals surface area contributed by atoms with E-state index in [9.17, 15) is 0 Å². The van der Waals surface area contributed by atoms with Crippen molar-refractivity contribution >= 4 is 5.69 Å². The van der Waals surface area contributed by atoms with Crippen LogP contribution in [0.25, 0.3) is 0 Å². The predicted molar refractivity (Wildman–Crippen MR) is 70.0 cm³/mol. The van der Waals surface area contributed by atoms with Crippen LogP contribution in [0.1, 0.15) is 6.92 Å². The zero-order chi connectivity index (χ0) is 12.5. The van der Waals surface area contributed by atoms with Crippen LogP contribution in [0.3, 0.4) is 0 Å². The minimum Gasteiger partial charge on any atom is -0.486 e. The van der Waals surface area contributed by atoms with Crippen molar-refractivity contribution in [3.63, 3.8) is 0 Å². The van der Waals surface area contributed by atoms with Gasteiger partial charge in [-0.3, -0.25) is 5.84 Å². The van der Waals surface area contributed by atoms with Gasteiger partial charge in [0.2, 0.25) is 0 Å². The first-order chi connectivity index (χ1) is 8.74. The van der Waals surface area contributed by atoms with Crippen molar-refractivity contribution in [3.05, 3.63) is 18.2 Å². The molecule has 1 atom stereocenters. The SMILES string of the molecule is CC1COc2cccc(N3CCN(N)CC3)c2O1. The second-order valence-corrected chi connectivity index (χ2v) is 4.87. The molecule has 0 bridgehead atoms. The molecule has 0 saturated carbocycles. The van der Waals surface area contributed by atoms with E-state index >= 15 is 0 Å². The van der Waals surface area contributed by atoms with Crippen LogP contribution in [0.4, 0.5) is 5.69 Å². The molecule has 0 aliphatic carbocycles. The van der Waals surface area contributed by atoms with Crippen LogP contribution in [0, 0.1) is 0 Å². The van der Waals surface area contributed by atoms with Crippen molar-refractivity contribution in [1.29, 1.82) is 0 Å². The number of rotatable bonds is 1. The number of nitrogens with two attached hydrogens (primary N) is 1. The number of hydrogen-bond donors (Lipinski definition) is 1. The number of piperazine rings is 1. The quantitative estimate of drug-likeness (QED) is 0.748. The summed E-state index contributed by atoms with van der Waals surface area (Å²) in [5, 5.41) is 1.85. The molecule has 0 aromatic heterocycles. The van der Waals surface area contributed by atoms with Crippen molar-refractivity contribution in [2.45, 2.75) is 13.0 Å². The number of hydrogen-bond acceptors (Lipinski definition) is 5. The van der Waals surface area contributed by atoms with E-state index in [0.717, 1.165) is 43.4 Å². The van der Waals surface area contributed by atoms with Crippen LogP contribution < -0.4 is 20.2 Å². The molecule has 1 aromatic carbocycles. The molecule has 2 heterocycles. The first kappa shape index (κ1) is 11.6. The first-order valence-electron chi connectivity index (χ1n) is 6.41. The lowest BCUT2D eigenvalue weighted by atomic mass is 10.2. The summed E-state index contributed by atoms with van der Waals surface area (Å²) in [7, 11) is 0. The van der Waals surface area contributed by atoms with Gasteiger partial charge in [0.05, 0.1) is 5.69 Å². The standard InChI is InChI=1S/C13H19N3O2/c1-10-9-17-12-4-2-3-11(13(12)18-10)15-5-7-16(14)8-6-15/h2-4,10H,5-9,14H2,1H3. The highest BCUT2D eigenvalue weighted by molar-refractivity contribution is 5.65. The molecule has 1 fully saturated rings. The molecule has 0 amide bonds. The Balaban J connectivity index is 1.88. The fraction of sp³-hybridized carbons (Fsp3) is 0.538. The number of fused-ring (bicyclic) bond motifs is 1. The number of benzene rings is 1. The highest BCUT2D eigenvalue weighted by Gasteiger charge is 2.24. The normalized spacial score (nSPS) is 24.1. The van der Waals surface area contributed by atoms with Crippen LogP contribution in [0.15, 0.2) is 18.2 Å². The molecule has 1 saturated heterocycles. The van der Waals surface area contributed by atoms with Crippen molar-refractivity contribution in [2.75, 3.05) is 37.7 Å². The fourth-order valence-electron chi connectivity index (χ4n) is 2.39. The van der Waals surface area contributed by atoms with E-state index in [1.807, 2.05) is 24.1 Å². The van der Waals surface area contributed by atoms with Gasteiger partial charge < -0.3 is 14.4 Å². The van der Waals surface area contributed by atoms with E-state index in [1.165, 1.54) is 0 Å². The van der Waals surface area contributed by atoms with Crippen molar-refractivity contribution in [2.24, 2.45) is 5.84 Å². The average Bonchev–Trinajstić information content (AvgIpc) is 2.39. The number of anilines is 1. The van der Waals surface area contributed by atoms with Crippen LogP contribution in [-0.4, -0.2) is 43.9 Å². The topological polar surface area (TPSA) is 51.0 Å². The smallest absolute Gasteiger partial charge is 0.185 e. The van der Waals surface area contributed by atoms with Gasteiger partial charge in [-0.1, -0.05) is 6.07 Å². The van der Waals surface area contributed by atoms with E-state index < -0.39 is 0 Å². The molecule has 2 aliphatic heterocycles. The van der Waals surface area contributed by atoms with Gasteiger partial charge >= 0.3 is 0 Å². The Hall–Kier alpha value is -1.46. The van der Waals surface area contributed by atoms with Crippen molar-refractivity contribution in [1.82, 2.24) is 5.01 Å². The van der Waals surface area contributed by atoms with Gasteiger partial charge in [0.1, 0.15) is 12.7 Å². The summed E-state index contributed by atoms with van der Waals surface area (Å²) in [6.45, 7) is 6.24. The predicted octanol–water partition coefficient (Wildman–Crippen LogP) is 0.842. The molecular formula is C13H19N3O2. The van der Waals surface area contributed by atoms with Crippen LogP contribution in [0.2, 0.25) is 0 Å². The molecule has 2 N–H and O–H groups in total. The zero-order valence-corrected chi connectivity index (χ0v) is 10.6. The summed E-state index contributed by atoms with van der Waals surface area (Å²) in [5.74, 6) is 7.51. The molecule has 0 radical (unpaired) electrons. The third-order valence-corrected chi connectivity index (χ3v) is 3.41. The number of ether oxygens (including phenoxy) is 2. The molecule has 3 rings (SSSR count). The number of para-hydroxylation sites is 1. The Bertz CT molecular complexity index is 430. The van der Waals surface area contributed by atoms with Gasteiger partial charge in [-0.15, -0.1) is 0 Å². The summed E-state index contributed by atoms with van der Waals surface area (Å²) >= 11 is 0. The van der Waals surface area contributed by atoms with Crippen molar-refractivity contribution < 1.29 is 9.47 Å². The lowest BCUT2D eigenvalue weighted by Gasteiger charge is -2.36. The molecule has 5 heteroatoms. The maximum Gasteiger partial charge on any atom is 0.185 e. The summed E-state index contributed by atoms with van der Waals surface area (Å²) in [6.07, 6.45) is 0.106. The van der Waals surface area contributed by atoms with E-state index in [0.29, 0.717) is 6.61 Å². The Kier molecular flexibility index (Phi) is 3.01. The van der Waals surface area contributed by atoms with Gasteiger partial charge in [0.25, 0.3) is 0 Å². The molecule has 0 spiro atoms. The maximum absolute atomic E-state index is 5.93. The van der Waals surface area contributed by atoms with Gasteiger partial charge in [-0.05, 0) is 19.1 Å². The molecule has 1 unspecified atom stereocenters. The average molecular weight is 249 g/mol. The lowest BCUT2D eigenvalue weighted by molar-refractivity contribution is 0.104.